The SMILES string of the molecule is CCCCCCCCCCCCCCCCCCCCCCC/C=C/C(O)C(CO)NC(=O)CCCCCCC/C=C\CCCCCOC(=O)CCCCCCCCCCCCCCCCCCCCC. The van der Waals surface area contributed by atoms with Crippen molar-refractivity contribution in [3.8, 4) is 0 Å². The molecule has 0 rings (SSSR count). The Balaban J connectivity index is 3.49. The summed E-state index contributed by atoms with van der Waals surface area (Å²) in [6.07, 6.45) is 75.1. The maximum Gasteiger partial charge on any atom is 0.305 e. The van der Waals surface area contributed by atoms with Gasteiger partial charge in [0.05, 0.1) is 25.4 Å². The number of esters is 1. The summed E-state index contributed by atoms with van der Waals surface area (Å²) in [5, 5.41) is 23.2. The smallest absolute Gasteiger partial charge is 0.305 e. The van der Waals surface area contributed by atoms with Crippen LogP contribution in [0.1, 0.15) is 354 Å². The summed E-state index contributed by atoms with van der Waals surface area (Å²) < 4.78 is 5.48. The van der Waals surface area contributed by atoms with Crippen molar-refractivity contribution in [3.05, 3.63) is 24.3 Å². The Hall–Kier alpha value is -1.66. The number of hydrogen-bond acceptors (Lipinski definition) is 5. The minimum absolute atomic E-state index is 0.0187. The summed E-state index contributed by atoms with van der Waals surface area (Å²) in [5.41, 5.74) is 0. The van der Waals surface area contributed by atoms with Gasteiger partial charge in [0.2, 0.25) is 5.91 Å². The van der Waals surface area contributed by atoms with Gasteiger partial charge in [-0.05, 0) is 64.2 Å². The Morgan fingerprint density at radius 1 is 0.380 bits per heavy atom. The van der Waals surface area contributed by atoms with Crippen molar-refractivity contribution >= 4 is 11.9 Å². The van der Waals surface area contributed by atoms with E-state index in [0.717, 1.165) is 77.0 Å². The van der Waals surface area contributed by atoms with Gasteiger partial charge in [0.1, 0.15) is 0 Å². The van der Waals surface area contributed by atoms with Crippen LogP contribution in [0.5, 0.6) is 0 Å². The molecule has 3 N–H and O–H groups in total. The van der Waals surface area contributed by atoms with Crippen molar-refractivity contribution in [1.29, 1.82) is 0 Å². The Labute approximate surface area is 443 Å². The predicted molar refractivity (Wildman–Crippen MR) is 310 cm³/mol. The van der Waals surface area contributed by atoms with Crippen LogP contribution in [0.4, 0.5) is 0 Å². The molecule has 0 aliphatic heterocycles. The molecular weight excluding hydrogens is 875 g/mol. The first-order valence-corrected chi connectivity index (χ1v) is 32.1. The molecule has 0 bridgehead atoms. The number of carbonyl (C=O) groups is 2. The molecule has 0 radical (unpaired) electrons. The minimum atomic E-state index is -0.862. The molecule has 0 aliphatic carbocycles. The van der Waals surface area contributed by atoms with Crippen molar-refractivity contribution in [2.24, 2.45) is 0 Å². The van der Waals surface area contributed by atoms with Crippen LogP contribution in [-0.4, -0.2) is 47.4 Å². The number of allylic oxidation sites excluding steroid dienone is 3. The van der Waals surface area contributed by atoms with Crippen LogP contribution in [0, 0.1) is 0 Å². The summed E-state index contributed by atoms with van der Waals surface area (Å²) in [4.78, 5) is 24.6. The van der Waals surface area contributed by atoms with Gasteiger partial charge in [-0.1, -0.05) is 301 Å². The highest BCUT2D eigenvalue weighted by atomic mass is 16.5. The van der Waals surface area contributed by atoms with Gasteiger partial charge in [0, 0.05) is 12.8 Å². The quantitative estimate of drug-likeness (QED) is 0.0320. The number of rotatable bonds is 60. The number of hydrogen-bond donors (Lipinski definition) is 3. The normalized spacial score (nSPS) is 12.7. The fraction of sp³-hybridized carbons (Fsp3) is 0.908. The topological polar surface area (TPSA) is 95.9 Å². The van der Waals surface area contributed by atoms with Gasteiger partial charge in [0.25, 0.3) is 0 Å². The number of aliphatic hydroxyl groups excluding tert-OH is 2. The van der Waals surface area contributed by atoms with Crippen LogP contribution in [-0.2, 0) is 14.3 Å². The zero-order chi connectivity index (χ0) is 51.4. The van der Waals surface area contributed by atoms with Gasteiger partial charge in [-0.3, -0.25) is 9.59 Å². The third kappa shape index (κ3) is 57.5. The molecule has 420 valence electrons. The molecule has 1 amide bonds. The molecule has 6 heteroatoms. The van der Waals surface area contributed by atoms with E-state index in [0.29, 0.717) is 19.4 Å². The van der Waals surface area contributed by atoms with Gasteiger partial charge in [0.15, 0.2) is 0 Å². The first-order chi connectivity index (χ1) is 35.0. The molecule has 0 fully saturated rings. The first kappa shape index (κ1) is 69.3. The molecule has 71 heavy (non-hydrogen) atoms. The van der Waals surface area contributed by atoms with Crippen LogP contribution in [0.15, 0.2) is 24.3 Å². The van der Waals surface area contributed by atoms with E-state index in [4.69, 9.17) is 4.74 Å². The molecule has 2 unspecified atom stereocenters. The average molecular weight is 1000 g/mol. The number of ether oxygens (including phenoxy) is 1. The molecule has 0 aliphatic rings. The van der Waals surface area contributed by atoms with Crippen molar-refractivity contribution in [1.82, 2.24) is 5.32 Å². The van der Waals surface area contributed by atoms with Crippen molar-refractivity contribution in [2.75, 3.05) is 13.2 Å². The lowest BCUT2D eigenvalue weighted by atomic mass is 10.0. The van der Waals surface area contributed by atoms with Crippen LogP contribution >= 0.6 is 0 Å². The fourth-order valence-electron chi connectivity index (χ4n) is 10.0. The van der Waals surface area contributed by atoms with E-state index >= 15 is 0 Å². The van der Waals surface area contributed by atoms with Crippen LogP contribution in [0.2, 0.25) is 0 Å². The standard InChI is InChI=1S/C65H125NO5/c1-3-5-7-9-11-13-15-17-19-21-23-24-25-26-28-29-31-33-37-41-45-49-53-57-63(68)62(61-67)66-64(69)58-54-50-46-42-38-35-36-40-44-48-52-56-60-71-65(70)59-55-51-47-43-39-34-32-30-27-22-20-18-16-14-12-10-8-6-4-2/h36,40,53,57,62-63,67-68H,3-35,37-39,41-52,54-56,58-61H2,1-2H3,(H,66,69)/b40-36-,57-53+. The summed E-state index contributed by atoms with van der Waals surface area (Å²) >= 11 is 0. The van der Waals surface area contributed by atoms with Gasteiger partial charge in [-0.25, -0.2) is 0 Å². The Bertz CT molecular complexity index is 1110. The summed E-state index contributed by atoms with van der Waals surface area (Å²) in [5.74, 6) is -0.109. The highest BCUT2D eigenvalue weighted by Crippen LogP contribution is 2.18. The van der Waals surface area contributed by atoms with E-state index in [9.17, 15) is 19.8 Å². The first-order valence-electron chi connectivity index (χ1n) is 32.1. The van der Waals surface area contributed by atoms with Crippen molar-refractivity contribution in [2.45, 2.75) is 366 Å². The number of amides is 1. The fourth-order valence-corrected chi connectivity index (χ4v) is 10.0. The Morgan fingerprint density at radius 2 is 0.662 bits per heavy atom. The second kappa shape index (κ2) is 60.9. The molecule has 0 saturated carbocycles. The molecule has 0 spiro atoms. The predicted octanol–water partition coefficient (Wildman–Crippen LogP) is 20.2. The summed E-state index contributed by atoms with van der Waals surface area (Å²) in [6, 6.07) is -0.647. The lowest BCUT2D eigenvalue weighted by Crippen LogP contribution is -2.45. The maximum absolute atomic E-state index is 12.5. The molecule has 0 aromatic carbocycles. The monoisotopic (exact) mass is 1000 g/mol. The Kier molecular flexibility index (Phi) is 59.5. The van der Waals surface area contributed by atoms with E-state index in [1.807, 2.05) is 6.08 Å². The van der Waals surface area contributed by atoms with Gasteiger partial charge in [-0.15, -0.1) is 0 Å². The van der Waals surface area contributed by atoms with E-state index in [-0.39, 0.29) is 18.5 Å². The Morgan fingerprint density at radius 3 is 1.00 bits per heavy atom. The highest BCUT2D eigenvalue weighted by molar-refractivity contribution is 5.76. The summed E-state index contributed by atoms with van der Waals surface area (Å²) in [6.45, 7) is 4.88. The lowest BCUT2D eigenvalue weighted by Gasteiger charge is -2.20. The maximum atomic E-state index is 12.5. The summed E-state index contributed by atoms with van der Waals surface area (Å²) in [7, 11) is 0. The lowest BCUT2D eigenvalue weighted by molar-refractivity contribution is -0.143. The van der Waals surface area contributed by atoms with E-state index in [1.165, 1.54) is 250 Å². The van der Waals surface area contributed by atoms with E-state index in [2.05, 4.69) is 31.3 Å². The number of carbonyl (C=O) groups excluding carboxylic acids is 2. The van der Waals surface area contributed by atoms with Crippen LogP contribution in [0.25, 0.3) is 0 Å². The van der Waals surface area contributed by atoms with Crippen molar-refractivity contribution < 1.29 is 24.5 Å². The van der Waals surface area contributed by atoms with Gasteiger partial charge in [-0.2, -0.15) is 0 Å². The molecular formula is C65H125NO5. The molecule has 2 atom stereocenters. The molecule has 0 aromatic rings. The molecule has 0 heterocycles. The van der Waals surface area contributed by atoms with Crippen LogP contribution in [0.3, 0.4) is 0 Å². The minimum Gasteiger partial charge on any atom is -0.466 e. The molecule has 6 nitrogen and oxygen atoms in total. The number of nitrogens with one attached hydrogen (secondary N) is 1. The second-order valence-electron chi connectivity index (χ2n) is 22.1. The zero-order valence-corrected chi connectivity index (χ0v) is 48.0. The van der Waals surface area contributed by atoms with E-state index < -0.39 is 12.1 Å². The molecule has 0 aromatic heterocycles. The highest BCUT2D eigenvalue weighted by Gasteiger charge is 2.18. The third-order valence-corrected chi connectivity index (χ3v) is 15.0. The van der Waals surface area contributed by atoms with Crippen molar-refractivity contribution in [3.63, 3.8) is 0 Å². The number of aliphatic hydroxyl groups is 2. The number of unbranched alkanes of at least 4 members (excludes halogenated alkanes) is 47. The third-order valence-electron chi connectivity index (χ3n) is 15.0. The average Bonchev–Trinajstić information content (AvgIpc) is 3.37. The van der Waals surface area contributed by atoms with E-state index in [1.54, 1.807) is 6.08 Å². The van der Waals surface area contributed by atoms with Crippen LogP contribution < -0.4 is 5.32 Å². The van der Waals surface area contributed by atoms with Gasteiger partial charge < -0.3 is 20.3 Å². The zero-order valence-electron chi connectivity index (χ0n) is 48.0. The second-order valence-corrected chi connectivity index (χ2v) is 22.1. The molecule has 0 saturated heterocycles. The largest absolute Gasteiger partial charge is 0.466 e. The van der Waals surface area contributed by atoms with Gasteiger partial charge >= 0.3 is 5.97 Å².